The van der Waals surface area contributed by atoms with Gasteiger partial charge in [-0.15, -0.1) is 0 Å². The molecule has 0 unspecified atom stereocenters. The van der Waals surface area contributed by atoms with Crippen LogP contribution in [0.2, 0.25) is 0 Å². The number of hydrogen-bond donors (Lipinski definition) is 1. The molecule has 0 saturated carbocycles. The monoisotopic (exact) mass is 533 g/mol. The lowest BCUT2D eigenvalue weighted by Crippen LogP contribution is -2.50. The van der Waals surface area contributed by atoms with Gasteiger partial charge in [0.15, 0.2) is 0 Å². The lowest BCUT2D eigenvalue weighted by atomic mass is 10.1. The average Bonchev–Trinajstić information content (AvgIpc) is 2.83. The molecule has 2 rings (SSSR count). The van der Waals surface area contributed by atoms with Crippen LogP contribution in [0, 0.1) is 19.7 Å². The standard InChI is InChI=1S/C28H40FN3O4S/c1-7-22(5)30-28(34)25(8-2)31(19-23-13-15-24(29)16-14-23)27(33)10-9-17-32(37(6,35)36)26-18-20(3)11-12-21(26)4/h11-16,18,22,25H,7-10,17,19H2,1-6H3,(H,30,34)/t22-,25+/m1/s1. The third kappa shape index (κ3) is 8.84. The minimum absolute atomic E-state index is 0.0368. The molecule has 0 saturated heterocycles. The van der Waals surface area contributed by atoms with E-state index in [0.29, 0.717) is 17.7 Å². The maximum Gasteiger partial charge on any atom is 0.243 e. The summed E-state index contributed by atoms with van der Waals surface area (Å²) >= 11 is 0. The fraction of sp³-hybridized carbons (Fsp3) is 0.500. The zero-order valence-corrected chi connectivity index (χ0v) is 23.6. The molecule has 2 atom stereocenters. The van der Waals surface area contributed by atoms with Gasteiger partial charge in [0.2, 0.25) is 21.8 Å². The van der Waals surface area contributed by atoms with E-state index in [4.69, 9.17) is 0 Å². The second kappa shape index (κ2) is 13.6. The van der Waals surface area contributed by atoms with E-state index in [1.54, 1.807) is 12.1 Å². The van der Waals surface area contributed by atoms with Gasteiger partial charge in [0, 0.05) is 25.6 Å². The van der Waals surface area contributed by atoms with Crippen LogP contribution >= 0.6 is 0 Å². The van der Waals surface area contributed by atoms with Crippen molar-refractivity contribution in [3.63, 3.8) is 0 Å². The molecule has 2 amide bonds. The molecule has 1 N–H and O–H groups in total. The number of amides is 2. The zero-order valence-electron chi connectivity index (χ0n) is 22.8. The van der Waals surface area contributed by atoms with Crippen LogP contribution in [-0.2, 0) is 26.2 Å². The summed E-state index contributed by atoms with van der Waals surface area (Å²) in [5.74, 6) is -0.874. The van der Waals surface area contributed by atoms with E-state index < -0.39 is 16.1 Å². The number of aryl methyl sites for hydroxylation is 2. The van der Waals surface area contributed by atoms with Crippen molar-refractivity contribution in [1.82, 2.24) is 10.2 Å². The maximum atomic E-state index is 13.5. The molecule has 0 radical (unpaired) electrons. The van der Waals surface area contributed by atoms with Crippen molar-refractivity contribution in [2.75, 3.05) is 17.1 Å². The molecule has 204 valence electrons. The van der Waals surface area contributed by atoms with Crippen molar-refractivity contribution in [1.29, 1.82) is 0 Å². The average molecular weight is 534 g/mol. The predicted molar refractivity (Wildman–Crippen MR) is 146 cm³/mol. The van der Waals surface area contributed by atoms with E-state index in [1.165, 1.54) is 21.3 Å². The van der Waals surface area contributed by atoms with Crippen LogP contribution < -0.4 is 9.62 Å². The Hall–Kier alpha value is -2.94. The fourth-order valence-corrected chi connectivity index (χ4v) is 5.13. The van der Waals surface area contributed by atoms with Gasteiger partial charge in [0.1, 0.15) is 11.9 Å². The topological polar surface area (TPSA) is 86.8 Å². The van der Waals surface area contributed by atoms with Crippen LogP contribution in [0.4, 0.5) is 10.1 Å². The molecule has 0 spiro atoms. The molecule has 9 heteroatoms. The number of benzene rings is 2. The van der Waals surface area contributed by atoms with Crippen molar-refractivity contribution in [2.45, 2.75) is 78.9 Å². The first kappa shape index (κ1) is 30.3. The van der Waals surface area contributed by atoms with E-state index in [2.05, 4.69) is 5.32 Å². The number of halogens is 1. The van der Waals surface area contributed by atoms with E-state index >= 15 is 0 Å². The van der Waals surface area contributed by atoms with Crippen LogP contribution in [-0.4, -0.2) is 50.0 Å². The second-order valence-electron chi connectivity index (χ2n) is 9.62. The zero-order chi connectivity index (χ0) is 27.8. The molecule has 2 aromatic carbocycles. The Morgan fingerprint density at radius 1 is 1.03 bits per heavy atom. The van der Waals surface area contributed by atoms with Gasteiger partial charge < -0.3 is 10.2 Å². The largest absolute Gasteiger partial charge is 0.352 e. The quantitative estimate of drug-likeness (QED) is 0.404. The lowest BCUT2D eigenvalue weighted by molar-refractivity contribution is -0.141. The Bertz CT molecular complexity index is 1170. The first-order chi connectivity index (χ1) is 17.4. The van der Waals surface area contributed by atoms with Gasteiger partial charge in [-0.1, -0.05) is 38.1 Å². The molecule has 2 aromatic rings. The third-order valence-corrected chi connectivity index (χ3v) is 7.62. The van der Waals surface area contributed by atoms with Crippen molar-refractivity contribution in [2.24, 2.45) is 0 Å². The molecule has 7 nitrogen and oxygen atoms in total. The molecule has 0 aliphatic carbocycles. The van der Waals surface area contributed by atoms with Gasteiger partial charge in [-0.3, -0.25) is 13.9 Å². The Balaban J connectivity index is 2.25. The molecular formula is C28H40FN3O4S. The van der Waals surface area contributed by atoms with Crippen molar-refractivity contribution in [3.05, 3.63) is 65.0 Å². The highest BCUT2D eigenvalue weighted by Gasteiger charge is 2.29. The number of carbonyl (C=O) groups excluding carboxylic acids is 2. The summed E-state index contributed by atoms with van der Waals surface area (Å²) in [4.78, 5) is 28.0. The highest BCUT2D eigenvalue weighted by Crippen LogP contribution is 2.25. The molecule has 0 bridgehead atoms. The predicted octanol–water partition coefficient (Wildman–Crippen LogP) is 4.71. The third-order valence-electron chi connectivity index (χ3n) is 6.44. The highest BCUT2D eigenvalue weighted by atomic mass is 32.2. The van der Waals surface area contributed by atoms with Crippen molar-refractivity contribution in [3.8, 4) is 0 Å². The molecular weight excluding hydrogens is 493 g/mol. The van der Waals surface area contributed by atoms with E-state index in [-0.39, 0.29) is 49.6 Å². The van der Waals surface area contributed by atoms with Crippen molar-refractivity contribution >= 4 is 27.5 Å². The summed E-state index contributed by atoms with van der Waals surface area (Å²) in [6.45, 7) is 9.76. The number of nitrogens with one attached hydrogen (secondary N) is 1. The Kier molecular flexibility index (Phi) is 11.1. The minimum Gasteiger partial charge on any atom is -0.352 e. The summed E-state index contributed by atoms with van der Waals surface area (Å²) in [6, 6.07) is 10.7. The van der Waals surface area contributed by atoms with Gasteiger partial charge in [-0.25, -0.2) is 12.8 Å². The Morgan fingerprint density at radius 2 is 1.68 bits per heavy atom. The van der Waals surface area contributed by atoms with Gasteiger partial charge in [0.05, 0.1) is 11.9 Å². The van der Waals surface area contributed by atoms with E-state index in [9.17, 15) is 22.4 Å². The van der Waals surface area contributed by atoms with E-state index in [1.807, 2.05) is 52.8 Å². The number of sulfonamides is 1. The number of carbonyl (C=O) groups is 2. The SMILES string of the molecule is CC[C@@H](C)NC(=O)[C@H](CC)N(Cc1ccc(F)cc1)C(=O)CCCN(c1cc(C)ccc1C)S(C)(=O)=O. The number of nitrogens with zero attached hydrogens (tertiary/aromatic N) is 2. The molecule has 0 aliphatic heterocycles. The lowest BCUT2D eigenvalue weighted by Gasteiger charge is -2.32. The molecule has 0 aliphatic rings. The number of hydrogen-bond acceptors (Lipinski definition) is 4. The minimum atomic E-state index is -3.57. The van der Waals surface area contributed by atoms with Crippen LogP contribution in [0.5, 0.6) is 0 Å². The van der Waals surface area contributed by atoms with Gasteiger partial charge in [-0.2, -0.15) is 0 Å². The Labute approximate surface area is 221 Å². The second-order valence-corrected chi connectivity index (χ2v) is 11.5. The highest BCUT2D eigenvalue weighted by molar-refractivity contribution is 7.92. The fourth-order valence-electron chi connectivity index (χ4n) is 4.12. The van der Waals surface area contributed by atoms with Gasteiger partial charge in [0.25, 0.3) is 0 Å². The van der Waals surface area contributed by atoms with Crippen LogP contribution in [0.25, 0.3) is 0 Å². The molecule has 0 aromatic heterocycles. The first-order valence-corrected chi connectivity index (χ1v) is 14.6. The summed E-state index contributed by atoms with van der Waals surface area (Å²) in [7, 11) is -3.57. The normalized spacial score (nSPS) is 13.1. The van der Waals surface area contributed by atoms with Crippen LogP contribution in [0.3, 0.4) is 0 Å². The summed E-state index contributed by atoms with van der Waals surface area (Å²) in [6.07, 6.45) is 2.67. The summed E-state index contributed by atoms with van der Waals surface area (Å²) in [5, 5.41) is 2.96. The Morgan fingerprint density at radius 3 is 2.24 bits per heavy atom. The number of rotatable bonds is 13. The summed E-state index contributed by atoms with van der Waals surface area (Å²) < 4.78 is 40.0. The molecule has 0 heterocycles. The first-order valence-electron chi connectivity index (χ1n) is 12.8. The molecule has 37 heavy (non-hydrogen) atoms. The van der Waals surface area contributed by atoms with E-state index in [0.717, 1.165) is 23.8 Å². The van der Waals surface area contributed by atoms with Crippen LogP contribution in [0.1, 0.15) is 63.1 Å². The van der Waals surface area contributed by atoms with Gasteiger partial charge >= 0.3 is 0 Å². The van der Waals surface area contributed by atoms with Gasteiger partial charge in [-0.05, 0) is 74.9 Å². The smallest absolute Gasteiger partial charge is 0.243 e. The maximum absolute atomic E-state index is 13.5. The number of anilines is 1. The molecule has 0 fully saturated rings. The van der Waals surface area contributed by atoms with Crippen molar-refractivity contribution < 1.29 is 22.4 Å². The summed E-state index contributed by atoms with van der Waals surface area (Å²) in [5.41, 5.74) is 3.07. The van der Waals surface area contributed by atoms with Crippen LogP contribution in [0.15, 0.2) is 42.5 Å².